The van der Waals surface area contributed by atoms with Crippen molar-refractivity contribution >= 4 is 15.9 Å². The highest BCUT2D eigenvalue weighted by Crippen LogP contribution is 2.20. The van der Waals surface area contributed by atoms with E-state index in [4.69, 9.17) is 4.74 Å². The van der Waals surface area contributed by atoms with Gasteiger partial charge in [0.25, 0.3) is 5.91 Å². The van der Waals surface area contributed by atoms with Crippen LogP contribution in [0.4, 0.5) is 4.39 Å². The van der Waals surface area contributed by atoms with Crippen LogP contribution < -0.4 is 0 Å². The molecule has 2 heterocycles. The highest BCUT2D eigenvalue weighted by Gasteiger charge is 2.28. The Bertz CT molecular complexity index is 937. The van der Waals surface area contributed by atoms with E-state index >= 15 is 0 Å². The van der Waals surface area contributed by atoms with Crippen LogP contribution in [0.2, 0.25) is 0 Å². The van der Waals surface area contributed by atoms with E-state index in [1.807, 2.05) is 0 Å². The number of sulfonamides is 1. The molecular formula is C21H28FN3O4S. The van der Waals surface area contributed by atoms with Gasteiger partial charge < -0.3 is 14.6 Å². The van der Waals surface area contributed by atoms with E-state index in [1.54, 1.807) is 17.0 Å². The fourth-order valence-electron chi connectivity index (χ4n) is 3.37. The van der Waals surface area contributed by atoms with Crippen molar-refractivity contribution < 1.29 is 22.3 Å². The molecular weight excluding hydrogens is 409 g/mol. The molecule has 2 aromatic rings. The maximum Gasteiger partial charge on any atom is 0.270 e. The molecule has 7 nitrogen and oxygen atoms in total. The highest BCUT2D eigenvalue weighted by molar-refractivity contribution is 7.89. The predicted molar refractivity (Wildman–Crippen MR) is 111 cm³/mol. The van der Waals surface area contributed by atoms with Crippen LogP contribution in [0.25, 0.3) is 0 Å². The molecule has 1 saturated heterocycles. The quantitative estimate of drug-likeness (QED) is 0.612. The van der Waals surface area contributed by atoms with Crippen LogP contribution in [0.15, 0.2) is 41.4 Å². The number of hydrogen-bond acceptors (Lipinski definition) is 4. The second-order valence-corrected chi connectivity index (χ2v) is 9.26. The van der Waals surface area contributed by atoms with Gasteiger partial charge in [-0.3, -0.25) is 4.79 Å². The highest BCUT2D eigenvalue weighted by atomic mass is 32.2. The van der Waals surface area contributed by atoms with E-state index in [0.29, 0.717) is 39.4 Å². The lowest BCUT2D eigenvalue weighted by Crippen LogP contribution is -2.40. The maximum atomic E-state index is 13.2. The molecule has 1 aromatic carbocycles. The zero-order valence-corrected chi connectivity index (χ0v) is 18.0. The monoisotopic (exact) mass is 437 g/mol. The van der Waals surface area contributed by atoms with E-state index in [1.165, 1.54) is 28.7 Å². The van der Waals surface area contributed by atoms with Gasteiger partial charge in [-0.1, -0.05) is 31.9 Å². The second-order valence-electron chi connectivity index (χ2n) is 7.33. The Labute approximate surface area is 176 Å². The fourth-order valence-corrected chi connectivity index (χ4v) is 4.77. The van der Waals surface area contributed by atoms with Crippen molar-refractivity contribution in [1.82, 2.24) is 14.2 Å². The number of rotatable bonds is 9. The van der Waals surface area contributed by atoms with Gasteiger partial charge in [-0.25, -0.2) is 12.8 Å². The average molecular weight is 438 g/mol. The van der Waals surface area contributed by atoms with Crippen molar-refractivity contribution in [3.05, 3.63) is 53.6 Å². The van der Waals surface area contributed by atoms with Crippen LogP contribution in [0.5, 0.6) is 0 Å². The number of ether oxygens (including phenoxy) is 1. The molecule has 1 aromatic heterocycles. The third-order valence-electron chi connectivity index (χ3n) is 5.10. The minimum atomic E-state index is -3.68. The number of amides is 1. The van der Waals surface area contributed by atoms with Crippen LogP contribution >= 0.6 is 0 Å². The molecule has 0 unspecified atom stereocenters. The molecule has 1 amide bonds. The molecule has 1 aliphatic rings. The van der Waals surface area contributed by atoms with E-state index in [0.717, 1.165) is 24.8 Å². The van der Waals surface area contributed by atoms with Crippen molar-refractivity contribution in [1.29, 1.82) is 0 Å². The lowest BCUT2D eigenvalue weighted by molar-refractivity contribution is 0.0729. The molecule has 0 spiro atoms. The summed E-state index contributed by atoms with van der Waals surface area (Å²) < 4.78 is 45.4. The third kappa shape index (κ3) is 5.47. The summed E-state index contributed by atoms with van der Waals surface area (Å²) in [6.07, 6.45) is 4.20. The van der Waals surface area contributed by atoms with Crippen LogP contribution in [0.1, 0.15) is 42.2 Å². The first-order valence-corrected chi connectivity index (χ1v) is 11.7. The van der Waals surface area contributed by atoms with Gasteiger partial charge in [0.1, 0.15) is 16.4 Å². The second kappa shape index (κ2) is 10.2. The largest absolute Gasteiger partial charge is 0.379 e. The molecule has 9 heteroatoms. The number of aromatic nitrogens is 1. The SMILES string of the molecule is CCCCCN(Cc1ccc(F)cc1)C(=O)c1cc(S(=O)(=O)N2CCOCC2)c[nH]1. The third-order valence-corrected chi connectivity index (χ3v) is 6.98. The van der Waals surface area contributed by atoms with E-state index in [-0.39, 0.29) is 22.3 Å². The average Bonchev–Trinajstić information content (AvgIpc) is 3.26. The predicted octanol–water partition coefficient (Wildman–Crippen LogP) is 3.01. The molecule has 0 radical (unpaired) electrons. The van der Waals surface area contributed by atoms with Gasteiger partial charge in [0.15, 0.2) is 0 Å². The van der Waals surface area contributed by atoms with E-state index in [9.17, 15) is 17.6 Å². The molecule has 1 aliphatic heterocycles. The Morgan fingerprint density at radius 3 is 2.57 bits per heavy atom. The molecule has 0 saturated carbocycles. The van der Waals surface area contributed by atoms with Gasteiger partial charge in [0.05, 0.1) is 13.2 Å². The van der Waals surface area contributed by atoms with Gasteiger partial charge in [0.2, 0.25) is 10.0 Å². The Kier molecular flexibility index (Phi) is 7.63. The number of H-pyrrole nitrogens is 1. The van der Waals surface area contributed by atoms with Crippen molar-refractivity contribution in [3.8, 4) is 0 Å². The summed E-state index contributed by atoms with van der Waals surface area (Å²) in [5, 5.41) is 0. The molecule has 1 N–H and O–H groups in total. The number of unbranched alkanes of at least 4 members (excludes halogenated alkanes) is 2. The Hall–Kier alpha value is -2.23. The van der Waals surface area contributed by atoms with E-state index in [2.05, 4.69) is 11.9 Å². The number of aromatic amines is 1. The van der Waals surface area contributed by atoms with Gasteiger partial charge in [-0.2, -0.15) is 4.31 Å². The molecule has 0 bridgehead atoms. The van der Waals surface area contributed by atoms with E-state index < -0.39 is 10.0 Å². The fraction of sp³-hybridized carbons (Fsp3) is 0.476. The first kappa shape index (κ1) is 22.5. The summed E-state index contributed by atoms with van der Waals surface area (Å²) in [6, 6.07) is 7.43. The number of carbonyl (C=O) groups excluding carboxylic acids is 1. The van der Waals surface area contributed by atoms with Crippen molar-refractivity contribution in [2.45, 2.75) is 37.6 Å². The summed E-state index contributed by atoms with van der Waals surface area (Å²) in [5.74, 6) is -0.608. The number of hydrogen-bond donors (Lipinski definition) is 1. The number of morpholine rings is 1. The summed E-state index contributed by atoms with van der Waals surface area (Å²) in [5.41, 5.74) is 1.04. The van der Waals surface area contributed by atoms with Crippen molar-refractivity contribution in [3.63, 3.8) is 0 Å². The molecule has 3 rings (SSSR count). The molecule has 1 fully saturated rings. The smallest absolute Gasteiger partial charge is 0.270 e. The van der Waals surface area contributed by atoms with Crippen LogP contribution in [0, 0.1) is 5.82 Å². The van der Waals surface area contributed by atoms with Gasteiger partial charge in [-0.15, -0.1) is 0 Å². The minimum Gasteiger partial charge on any atom is -0.379 e. The molecule has 164 valence electrons. The lowest BCUT2D eigenvalue weighted by atomic mass is 10.1. The molecule has 30 heavy (non-hydrogen) atoms. The lowest BCUT2D eigenvalue weighted by Gasteiger charge is -2.25. The zero-order valence-electron chi connectivity index (χ0n) is 17.1. The van der Waals surface area contributed by atoms with Gasteiger partial charge in [0, 0.05) is 32.4 Å². The van der Waals surface area contributed by atoms with Crippen LogP contribution in [-0.2, 0) is 21.3 Å². The van der Waals surface area contributed by atoms with Gasteiger partial charge >= 0.3 is 0 Å². The van der Waals surface area contributed by atoms with Gasteiger partial charge in [-0.05, 0) is 30.2 Å². The maximum absolute atomic E-state index is 13.2. The topological polar surface area (TPSA) is 82.7 Å². The number of nitrogens with one attached hydrogen (secondary N) is 1. The van der Waals surface area contributed by atoms with Crippen molar-refractivity contribution in [2.75, 3.05) is 32.8 Å². The zero-order chi connectivity index (χ0) is 21.6. The normalized spacial score (nSPS) is 15.3. The number of halogens is 1. The van der Waals surface area contributed by atoms with Crippen molar-refractivity contribution in [2.24, 2.45) is 0 Å². The first-order valence-electron chi connectivity index (χ1n) is 10.2. The standard InChI is InChI=1S/C21H28FN3O4S/c1-2-3-4-9-24(16-17-5-7-18(22)8-6-17)21(26)20-14-19(15-23-20)30(27,28)25-10-12-29-13-11-25/h5-8,14-15,23H,2-4,9-13,16H2,1H3. The molecule has 0 atom stereocenters. The van der Waals surface area contributed by atoms with Crippen LogP contribution in [0.3, 0.4) is 0 Å². The number of benzene rings is 1. The summed E-state index contributed by atoms with van der Waals surface area (Å²) in [6.45, 7) is 4.26. The summed E-state index contributed by atoms with van der Waals surface area (Å²) >= 11 is 0. The minimum absolute atomic E-state index is 0.0723. The Balaban J connectivity index is 1.77. The number of carbonyl (C=O) groups is 1. The summed E-state index contributed by atoms with van der Waals surface area (Å²) in [7, 11) is -3.68. The first-order chi connectivity index (χ1) is 14.4. The Morgan fingerprint density at radius 1 is 1.20 bits per heavy atom. The number of nitrogens with zero attached hydrogens (tertiary/aromatic N) is 2. The van der Waals surface area contributed by atoms with Crippen LogP contribution in [-0.4, -0.2) is 61.4 Å². The summed E-state index contributed by atoms with van der Waals surface area (Å²) in [4.78, 5) is 17.7. The Morgan fingerprint density at radius 2 is 1.90 bits per heavy atom. The molecule has 0 aliphatic carbocycles.